The van der Waals surface area contributed by atoms with Crippen molar-refractivity contribution >= 4 is 36.6 Å². The van der Waals surface area contributed by atoms with Gasteiger partial charge in [0.05, 0.1) is 17.9 Å². The van der Waals surface area contributed by atoms with E-state index in [1.54, 1.807) is 18.6 Å². The largest absolute Gasteiger partial charge is 0.390 e. The lowest BCUT2D eigenvalue weighted by Crippen LogP contribution is -2.26. The van der Waals surface area contributed by atoms with Gasteiger partial charge in [-0.1, -0.05) is 13.0 Å². The molecule has 0 radical (unpaired) electrons. The molecule has 2 aromatic heterocycles. The molecular weight excluding hydrogens is 528 g/mol. The van der Waals surface area contributed by atoms with Gasteiger partial charge < -0.3 is 0 Å². The number of halogens is 4. The molecule has 15 heteroatoms. The summed E-state index contributed by atoms with van der Waals surface area (Å²) in [6, 6.07) is 4.03. The second-order valence-corrected chi connectivity index (χ2v) is 11.9. The fourth-order valence-electron chi connectivity index (χ4n) is 3.32. The summed E-state index contributed by atoms with van der Waals surface area (Å²) in [6.45, 7) is 3.51. The van der Waals surface area contributed by atoms with E-state index in [4.69, 9.17) is 0 Å². The van der Waals surface area contributed by atoms with E-state index in [9.17, 15) is 39.2 Å². The van der Waals surface area contributed by atoms with Crippen molar-refractivity contribution in [3.05, 3.63) is 46.6 Å². The minimum Gasteiger partial charge on any atom is -0.289 e. The van der Waals surface area contributed by atoms with E-state index in [1.807, 2.05) is 0 Å². The molecule has 9 nitrogen and oxygen atoms in total. The van der Waals surface area contributed by atoms with E-state index in [0.717, 1.165) is 18.4 Å². The summed E-state index contributed by atoms with van der Waals surface area (Å²) in [6.07, 6.45) is -3.68. The molecule has 0 saturated heterocycles. The smallest absolute Gasteiger partial charge is 0.289 e. The van der Waals surface area contributed by atoms with Crippen molar-refractivity contribution in [1.82, 2.24) is 14.5 Å². The van der Waals surface area contributed by atoms with Crippen molar-refractivity contribution in [3.8, 4) is 11.1 Å². The number of benzene rings is 1. The highest BCUT2D eigenvalue weighted by Crippen LogP contribution is 2.27. The molecule has 1 N–H and O–H groups in total. The predicted molar refractivity (Wildman–Crippen MR) is 125 cm³/mol. The molecule has 1 atom stereocenters. The van der Waals surface area contributed by atoms with E-state index >= 15 is 0 Å². The van der Waals surface area contributed by atoms with Gasteiger partial charge in [-0.3, -0.25) is 14.1 Å². The Bertz CT molecular complexity index is 1590. The van der Waals surface area contributed by atoms with Gasteiger partial charge in [-0.25, -0.2) is 26.2 Å². The molecule has 0 amide bonds. The first-order chi connectivity index (χ1) is 16.5. The summed E-state index contributed by atoms with van der Waals surface area (Å²) in [7, 11) is -8.25. The molecule has 36 heavy (non-hydrogen) atoms. The molecule has 3 aromatic rings. The number of alkyl halides is 3. The lowest BCUT2D eigenvalue weighted by atomic mass is 10.0. The van der Waals surface area contributed by atoms with E-state index < -0.39 is 66.5 Å². The maximum Gasteiger partial charge on any atom is 0.390 e. The van der Waals surface area contributed by atoms with E-state index in [0.29, 0.717) is 11.8 Å². The number of hydrogen-bond acceptors (Lipinski definition) is 7. The molecule has 0 aliphatic carbocycles. The van der Waals surface area contributed by atoms with Crippen LogP contribution in [0.25, 0.3) is 22.2 Å². The quantitative estimate of drug-likeness (QED) is 0.335. The van der Waals surface area contributed by atoms with Gasteiger partial charge in [0, 0.05) is 29.4 Å². The van der Waals surface area contributed by atoms with Crippen molar-refractivity contribution in [2.45, 2.75) is 44.1 Å². The number of sulfone groups is 1. The molecule has 2 heterocycles. The van der Waals surface area contributed by atoms with Crippen LogP contribution in [-0.4, -0.2) is 49.6 Å². The number of rotatable bonds is 8. The Labute approximate surface area is 204 Å². The first-order valence-corrected chi connectivity index (χ1v) is 14.1. The van der Waals surface area contributed by atoms with Gasteiger partial charge in [0.25, 0.3) is 5.56 Å². The van der Waals surface area contributed by atoms with Gasteiger partial charge in [-0.05, 0) is 37.1 Å². The normalized spacial score (nSPS) is 13.6. The standard InChI is InChI=1S/C21H22F4N4O5S2/c1-4-12(2)29-18-14(11-26-20(27-18)35(3,31)32)9-15(19(29)30)13-5-6-17(16(22)10-13)28-36(33,34)8-7-21(23,24)25/h5-6,9-12,28H,4,7-8H2,1-3H3. The summed E-state index contributed by atoms with van der Waals surface area (Å²) < 4.78 is 102. The fourth-order valence-corrected chi connectivity index (χ4v) is 4.91. The molecule has 0 bridgehead atoms. The summed E-state index contributed by atoms with van der Waals surface area (Å²) in [5, 5.41) is -0.165. The lowest BCUT2D eigenvalue weighted by molar-refractivity contribution is -0.129. The van der Waals surface area contributed by atoms with E-state index in [-0.39, 0.29) is 16.8 Å². The second kappa shape index (κ2) is 9.76. The number of fused-ring (bicyclic) bond motifs is 1. The first-order valence-electron chi connectivity index (χ1n) is 10.5. The number of pyridine rings is 1. The number of nitrogens with zero attached hydrogens (tertiary/aromatic N) is 3. The van der Waals surface area contributed by atoms with Gasteiger partial charge in [-0.15, -0.1) is 0 Å². The van der Waals surface area contributed by atoms with E-state index in [1.165, 1.54) is 22.9 Å². The predicted octanol–water partition coefficient (Wildman–Crippen LogP) is 3.67. The van der Waals surface area contributed by atoms with Gasteiger partial charge in [0.1, 0.15) is 11.5 Å². The zero-order valence-corrected chi connectivity index (χ0v) is 20.9. The Kier molecular flexibility index (Phi) is 7.46. The summed E-state index contributed by atoms with van der Waals surface area (Å²) in [5.74, 6) is -2.39. The Morgan fingerprint density at radius 2 is 1.81 bits per heavy atom. The maximum atomic E-state index is 14.7. The number of aromatic nitrogens is 3. The van der Waals surface area contributed by atoms with Crippen LogP contribution in [0.15, 0.2) is 40.4 Å². The number of nitrogens with one attached hydrogen (secondary N) is 1. The third-order valence-corrected chi connectivity index (χ3v) is 7.45. The third kappa shape index (κ3) is 6.19. The highest BCUT2D eigenvalue weighted by Gasteiger charge is 2.30. The summed E-state index contributed by atoms with van der Waals surface area (Å²) >= 11 is 0. The third-order valence-electron chi connectivity index (χ3n) is 5.31. The monoisotopic (exact) mass is 550 g/mol. The Hall–Kier alpha value is -3.07. The zero-order valence-electron chi connectivity index (χ0n) is 19.3. The minimum absolute atomic E-state index is 0.00360. The van der Waals surface area contributed by atoms with Crippen molar-refractivity contribution in [1.29, 1.82) is 0 Å². The van der Waals surface area contributed by atoms with Gasteiger partial charge in [0.2, 0.25) is 25.0 Å². The molecule has 196 valence electrons. The van der Waals surface area contributed by atoms with Crippen LogP contribution in [0.4, 0.5) is 23.2 Å². The maximum absolute atomic E-state index is 14.7. The molecule has 3 rings (SSSR count). The molecular formula is C21H22F4N4O5S2. The van der Waals surface area contributed by atoms with Crippen LogP contribution in [0.2, 0.25) is 0 Å². The highest BCUT2D eigenvalue weighted by atomic mass is 32.2. The van der Waals surface area contributed by atoms with Crippen molar-refractivity contribution in [2.75, 3.05) is 16.7 Å². The SMILES string of the molecule is CCC(C)n1c(=O)c(-c2ccc(NS(=O)(=O)CCC(F)(F)F)c(F)c2)cc2cnc(S(C)(=O)=O)nc21. The van der Waals surface area contributed by atoms with Gasteiger partial charge >= 0.3 is 6.18 Å². The Balaban J connectivity index is 2.09. The average molecular weight is 551 g/mol. The highest BCUT2D eigenvalue weighted by molar-refractivity contribution is 7.92. The fraction of sp³-hybridized carbons (Fsp3) is 0.381. The lowest BCUT2D eigenvalue weighted by Gasteiger charge is -2.18. The molecule has 1 unspecified atom stereocenters. The molecule has 0 fully saturated rings. The molecule has 0 spiro atoms. The van der Waals surface area contributed by atoms with Crippen LogP contribution in [0.1, 0.15) is 32.7 Å². The van der Waals surface area contributed by atoms with Crippen LogP contribution >= 0.6 is 0 Å². The van der Waals surface area contributed by atoms with Crippen LogP contribution in [0.3, 0.4) is 0 Å². The molecule has 1 aromatic carbocycles. The Morgan fingerprint density at radius 1 is 1.14 bits per heavy atom. The van der Waals surface area contributed by atoms with Crippen LogP contribution < -0.4 is 10.3 Å². The van der Waals surface area contributed by atoms with Crippen LogP contribution in [-0.2, 0) is 19.9 Å². The van der Waals surface area contributed by atoms with Crippen LogP contribution in [0.5, 0.6) is 0 Å². The summed E-state index contributed by atoms with van der Waals surface area (Å²) in [5.41, 5.74) is -1.05. The number of sulfonamides is 1. The van der Waals surface area contributed by atoms with Crippen molar-refractivity contribution in [2.24, 2.45) is 0 Å². The topological polar surface area (TPSA) is 128 Å². The van der Waals surface area contributed by atoms with Gasteiger partial charge in [0.15, 0.2) is 0 Å². The van der Waals surface area contributed by atoms with Crippen molar-refractivity contribution < 1.29 is 34.4 Å². The zero-order chi connectivity index (χ0) is 27.1. The van der Waals surface area contributed by atoms with Crippen LogP contribution in [0, 0.1) is 5.82 Å². The number of anilines is 1. The second-order valence-electron chi connectivity index (χ2n) is 8.17. The Morgan fingerprint density at radius 3 is 2.36 bits per heavy atom. The van der Waals surface area contributed by atoms with E-state index in [2.05, 4.69) is 9.97 Å². The average Bonchev–Trinajstić information content (AvgIpc) is 2.77. The van der Waals surface area contributed by atoms with Crippen molar-refractivity contribution in [3.63, 3.8) is 0 Å². The first kappa shape index (κ1) is 27.5. The molecule has 0 aliphatic rings. The minimum atomic E-state index is -4.70. The molecule has 0 aliphatic heterocycles. The van der Waals surface area contributed by atoms with Gasteiger partial charge in [-0.2, -0.15) is 18.2 Å². The number of hydrogen-bond donors (Lipinski definition) is 1. The summed E-state index contributed by atoms with van der Waals surface area (Å²) in [4.78, 5) is 21.2. The molecule has 0 saturated carbocycles.